The van der Waals surface area contributed by atoms with Crippen LogP contribution in [0.4, 0.5) is 0 Å². The van der Waals surface area contributed by atoms with Crippen molar-refractivity contribution in [3.05, 3.63) is 139 Å². The number of hydrogen-bond acceptors (Lipinski definition) is 2. The summed E-state index contributed by atoms with van der Waals surface area (Å²) in [6.45, 7) is 0. The summed E-state index contributed by atoms with van der Waals surface area (Å²) in [4.78, 5) is 12.5. The molecule has 0 amide bonds. The van der Waals surface area contributed by atoms with Crippen LogP contribution in [0.5, 0.6) is 5.75 Å². The molecule has 0 aliphatic rings. The molecule has 0 fully saturated rings. The lowest BCUT2D eigenvalue weighted by molar-refractivity contribution is 0.112. The average molecular weight is 543 g/mol. The monoisotopic (exact) mass is 542 g/mol. The maximum absolute atomic E-state index is 12.5. The molecule has 0 unspecified atom stereocenters. The molecule has 0 aliphatic heterocycles. The average Bonchev–Trinajstić information content (AvgIpc) is 3.58. The van der Waals surface area contributed by atoms with Gasteiger partial charge >= 0.3 is 0 Å². The number of aldehydes is 1. The molecule has 6 aromatic carbocycles. The zero-order valence-corrected chi connectivity index (χ0v) is 23.0. The van der Waals surface area contributed by atoms with Crippen LogP contribution in [0.15, 0.2) is 133 Å². The fourth-order valence-electron chi connectivity index (χ4n) is 6.51. The molecule has 8 aromatic rings. The Bertz CT molecular complexity index is 2290. The molecule has 42 heavy (non-hydrogen) atoms. The van der Waals surface area contributed by atoms with Crippen LogP contribution in [0.25, 0.3) is 66.1 Å². The Morgan fingerprint density at radius 2 is 1.12 bits per heavy atom. The first-order valence-electron chi connectivity index (χ1n) is 14.0. The van der Waals surface area contributed by atoms with Crippen molar-refractivity contribution in [1.82, 2.24) is 9.13 Å². The zero-order valence-electron chi connectivity index (χ0n) is 23.0. The minimum absolute atomic E-state index is 0.590. The molecule has 4 heteroatoms. The molecule has 2 aromatic heterocycles. The van der Waals surface area contributed by atoms with E-state index < -0.39 is 0 Å². The summed E-state index contributed by atoms with van der Waals surface area (Å²) >= 11 is 0. The molecule has 0 spiro atoms. The van der Waals surface area contributed by atoms with Gasteiger partial charge in [-0.3, -0.25) is 4.79 Å². The maximum atomic E-state index is 12.5. The molecule has 0 aliphatic carbocycles. The highest BCUT2D eigenvalue weighted by Gasteiger charge is 2.25. The van der Waals surface area contributed by atoms with Crippen LogP contribution >= 0.6 is 0 Å². The second-order valence-electron chi connectivity index (χ2n) is 10.5. The van der Waals surface area contributed by atoms with Crippen molar-refractivity contribution in [3.63, 3.8) is 0 Å². The summed E-state index contributed by atoms with van der Waals surface area (Å²) in [7, 11) is 1.62. The Labute approximate surface area is 242 Å². The number of aromatic nitrogens is 2. The summed E-state index contributed by atoms with van der Waals surface area (Å²) in [5.74, 6) is 0.655. The van der Waals surface area contributed by atoms with Crippen molar-refractivity contribution in [2.75, 3.05) is 7.11 Å². The standard InChI is InChI=1S/C38H26N2O2/c1-42-28-20-21-29(25(22-28)24-41)32-23-33-30-16-8-10-18-34(30)39(26-12-4-2-5-13-26)38(33)36-31-17-9-11-19-35(31)40(37(32)36)27-14-6-3-7-15-27/h2-24H,1H3. The molecular formula is C38H26N2O2. The minimum Gasteiger partial charge on any atom is -0.497 e. The lowest BCUT2D eigenvalue weighted by Crippen LogP contribution is -1.98. The first kappa shape index (κ1) is 24.2. The predicted octanol–water partition coefficient (Wildman–Crippen LogP) is 9.37. The van der Waals surface area contributed by atoms with E-state index in [2.05, 4.69) is 118 Å². The summed E-state index contributed by atoms with van der Waals surface area (Å²) in [6.07, 6.45) is 0.927. The van der Waals surface area contributed by atoms with Crippen LogP contribution in [-0.4, -0.2) is 22.5 Å². The first-order chi connectivity index (χ1) is 20.8. The third-order valence-corrected chi connectivity index (χ3v) is 8.27. The number of rotatable bonds is 5. The van der Waals surface area contributed by atoms with E-state index >= 15 is 0 Å². The molecule has 0 N–H and O–H groups in total. The van der Waals surface area contributed by atoms with E-state index in [1.54, 1.807) is 7.11 Å². The highest BCUT2D eigenvalue weighted by molar-refractivity contribution is 6.29. The number of benzene rings is 6. The topological polar surface area (TPSA) is 36.2 Å². The van der Waals surface area contributed by atoms with Crippen molar-refractivity contribution in [2.24, 2.45) is 0 Å². The van der Waals surface area contributed by atoms with Crippen molar-refractivity contribution in [2.45, 2.75) is 0 Å². The number of para-hydroxylation sites is 4. The third kappa shape index (κ3) is 3.45. The number of hydrogen-bond donors (Lipinski definition) is 0. The normalized spacial score (nSPS) is 11.5. The molecule has 2 heterocycles. The Morgan fingerprint density at radius 1 is 0.548 bits per heavy atom. The zero-order chi connectivity index (χ0) is 28.2. The van der Waals surface area contributed by atoms with Gasteiger partial charge in [0.25, 0.3) is 0 Å². The lowest BCUT2D eigenvalue weighted by Gasteiger charge is -2.15. The molecule has 0 saturated heterocycles. The number of methoxy groups -OCH3 is 1. The van der Waals surface area contributed by atoms with Gasteiger partial charge in [0, 0.05) is 44.0 Å². The summed E-state index contributed by atoms with van der Waals surface area (Å²) in [6, 6.07) is 46.2. The van der Waals surface area contributed by atoms with E-state index in [0.717, 1.165) is 72.4 Å². The second-order valence-corrected chi connectivity index (χ2v) is 10.5. The number of nitrogens with zero attached hydrogens (tertiary/aromatic N) is 2. The fraction of sp³-hybridized carbons (Fsp3) is 0.0263. The van der Waals surface area contributed by atoms with Gasteiger partial charge in [-0.25, -0.2) is 0 Å². The Kier molecular flexibility index (Phi) is 5.47. The highest BCUT2D eigenvalue weighted by Crippen LogP contribution is 2.46. The molecule has 0 radical (unpaired) electrons. The van der Waals surface area contributed by atoms with E-state index in [1.807, 2.05) is 24.3 Å². The molecule has 200 valence electrons. The number of carbonyl (C=O) groups is 1. The number of carbonyl (C=O) groups excluding carboxylic acids is 1. The largest absolute Gasteiger partial charge is 0.497 e. The predicted molar refractivity (Wildman–Crippen MR) is 172 cm³/mol. The van der Waals surface area contributed by atoms with Crippen LogP contribution in [0.1, 0.15) is 10.4 Å². The van der Waals surface area contributed by atoms with Crippen LogP contribution in [0.3, 0.4) is 0 Å². The fourth-order valence-corrected chi connectivity index (χ4v) is 6.51. The molecule has 0 saturated carbocycles. The maximum Gasteiger partial charge on any atom is 0.150 e. The summed E-state index contributed by atoms with van der Waals surface area (Å²) < 4.78 is 10.2. The third-order valence-electron chi connectivity index (χ3n) is 8.27. The Hall–Kier alpha value is -5.61. The molecular weight excluding hydrogens is 516 g/mol. The van der Waals surface area contributed by atoms with Crippen molar-refractivity contribution in [1.29, 1.82) is 0 Å². The van der Waals surface area contributed by atoms with Crippen molar-refractivity contribution in [3.8, 4) is 28.3 Å². The summed E-state index contributed by atoms with van der Waals surface area (Å²) in [5, 5.41) is 4.61. The van der Waals surface area contributed by atoms with Gasteiger partial charge in [-0.15, -0.1) is 0 Å². The van der Waals surface area contributed by atoms with Gasteiger partial charge in [0.1, 0.15) is 5.75 Å². The second kappa shape index (κ2) is 9.50. The van der Waals surface area contributed by atoms with Gasteiger partial charge in [-0.2, -0.15) is 0 Å². The van der Waals surface area contributed by atoms with Gasteiger partial charge in [0.15, 0.2) is 6.29 Å². The molecule has 0 bridgehead atoms. The van der Waals surface area contributed by atoms with Crippen molar-refractivity contribution >= 4 is 49.9 Å². The molecule has 0 atom stereocenters. The molecule has 4 nitrogen and oxygen atoms in total. The number of fused-ring (bicyclic) bond motifs is 7. The van der Waals surface area contributed by atoms with Gasteiger partial charge in [0.2, 0.25) is 0 Å². The smallest absolute Gasteiger partial charge is 0.150 e. The van der Waals surface area contributed by atoms with Crippen LogP contribution in [0.2, 0.25) is 0 Å². The van der Waals surface area contributed by atoms with E-state index in [4.69, 9.17) is 4.74 Å². The van der Waals surface area contributed by atoms with Gasteiger partial charge in [-0.1, -0.05) is 72.8 Å². The lowest BCUT2D eigenvalue weighted by atomic mass is 9.95. The van der Waals surface area contributed by atoms with Crippen LogP contribution < -0.4 is 4.74 Å². The van der Waals surface area contributed by atoms with Gasteiger partial charge in [-0.05, 0) is 66.2 Å². The van der Waals surface area contributed by atoms with E-state index in [-0.39, 0.29) is 0 Å². The van der Waals surface area contributed by atoms with Crippen LogP contribution in [-0.2, 0) is 0 Å². The van der Waals surface area contributed by atoms with E-state index in [9.17, 15) is 4.79 Å². The minimum atomic E-state index is 0.590. The summed E-state index contributed by atoms with van der Waals surface area (Å²) in [5.41, 5.74) is 9.08. The Balaban J connectivity index is 1.68. The van der Waals surface area contributed by atoms with E-state index in [0.29, 0.717) is 11.3 Å². The van der Waals surface area contributed by atoms with Crippen LogP contribution in [0, 0.1) is 0 Å². The van der Waals surface area contributed by atoms with Crippen molar-refractivity contribution < 1.29 is 9.53 Å². The Morgan fingerprint density at radius 3 is 1.76 bits per heavy atom. The SMILES string of the molecule is COc1ccc(-c2cc3c4ccccc4n(-c4ccccc4)c3c3c4ccccc4n(-c4ccccc4)c23)c(C=O)c1. The quantitative estimate of drug-likeness (QED) is 0.203. The first-order valence-corrected chi connectivity index (χ1v) is 14.0. The number of ether oxygens (including phenoxy) is 1. The highest BCUT2D eigenvalue weighted by atomic mass is 16.5. The van der Waals surface area contributed by atoms with E-state index in [1.165, 1.54) is 0 Å². The molecule has 8 rings (SSSR count). The van der Waals surface area contributed by atoms with Gasteiger partial charge < -0.3 is 13.9 Å². The van der Waals surface area contributed by atoms with Gasteiger partial charge in [0.05, 0.1) is 29.2 Å².